The Morgan fingerprint density at radius 2 is 1.90 bits per heavy atom. The maximum atomic E-state index is 13.7. The zero-order valence-corrected chi connectivity index (χ0v) is 13.3. The highest BCUT2D eigenvalue weighted by Gasteiger charge is 2.20. The monoisotopic (exact) mass is 377 g/mol. The summed E-state index contributed by atoms with van der Waals surface area (Å²) in [7, 11) is -3.77. The molecular weight excluding hydrogens is 369 g/mol. The Bertz CT molecular complexity index is 765. The van der Waals surface area contributed by atoms with Crippen molar-refractivity contribution in [3.8, 4) is 0 Å². The fraction of sp³-hybridized carbons (Fsp3) is 0.0769. The first-order valence-corrected chi connectivity index (χ1v) is 8.33. The van der Waals surface area contributed by atoms with E-state index in [1.807, 2.05) is 0 Å². The normalized spacial score (nSPS) is 11.6. The zero-order chi connectivity index (χ0) is 14.9. The van der Waals surface area contributed by atoms with Gasteiger partial charge in [0.2, 0.25) is 0 Å². The van der Waals surface area contributed by atoms with Crippen LogP contribution in [0.4, 0.5) is 10.1 Å². The molecule has 2 aromatic rings. The van der Waals surface area contributed by atoms with E-state index < -0.39 is 21.4 Å². The number of benzene rings is 2. The number of nitrogens with two attached hydrogens (primary N) is 1. The summed E-state index contributed by atoms with van der Waals surface area (Å²) in [5.74, 6) is -1.07. The van der Waals surface area contributed by atoms with E-state index in [-0.39, 0.29) is 21.2 Å². The molecule has 20 heavy (non-hydrogen) atoms. The number of nitrogen functional groups attached to an aromatic ring is 1. The van der Waals surface area contributed by atoms with Crippen molar-refractivity contribution in [3.05, 3.63) is 57.3 Å². The van der Waals surface area contributed by atoms with Gasteiger partial charge in [0.15, 0.2) is 9.84 Å². The zero-order valence-electron chi connectivity index (χ0n) is 10.1. The van der Waals surface area contributed by atoms with Gasteiger partial charge in [-0.15, -0.1) is 0 Å². The van der Waals surface area contributed by atoms with Crippen LogP contribution < -0.4 is 5.73 Å². The molecule has 3 nitrogen and oxygen atoms in total. The molecule has 0 atom stereocenters. The molecule has 0 aliphatic rings. The molecule has 0 bridgehead atoms. The molecular formula is C13H10BrClFNO2S. The molecule has 7 heteroatoms. The van der Waals surface area contributed by atoms with Gasteiger partial charge in [-0.05, 0) is 30.3 Å². The van der Waals surface area contributed by atoms with Crippen molar-refractivity contribution >= 4 is 43.1 Å². The Morgan fingerprint density at radius 1 is 1.20 bits per heavy atom. The van der Waals surface area contributed by atoms with Crippen LogP contribution in [0.15, 0.2) is 45.8 Å². The first-order chi connectivity index (χ1) is 9.29. The van der Waals surface area contributed by atoms with Crippen LogP contribution in [0.3, 0.4) is 0 Å². The van der Waals surface area contributed by atoms with Gasteiger partial charge in [-0.2, -0.15) is 0 Å². The average molecular weight is 379 g/mol. The van der Waals surface area contributed by atoms with Gasteiger partial charge in [0.1, 0.15) is 5.82 Å². The Labute approximate surface area is 129 Å². The van der Waals surface area contributed by atoms with E-state index in [4.69, 9.17) is 17.3 Å². The second kappa shape index (κ2) is 5.71. The Morgan fingerprint density at radius 3 is 2.55 bits per heavy atom. The van der Waals surface area contributed by atoms with Gasteiger partial charge in [-0.25, -0.2) is 12.8 Å². The lowest BCUT2D eigenvalue weighted by Crippen LogP contribution is -2.09. The minimum atomic E-state index is -3.77. The van der Waals surface area contributed by atoms with Crippen LogP contribution >= 0.6 is 27.5 Å². The van der Waals surface area contributed by atoms with Crippen LogP contribution in [-0.2, 0) is 15.6 Å². The smallest absolute Gasteiger partial charge is 0.184 e. The summed E-state index contributed by atoms with van der Waals surface area (Å²) < 4.78 is 38.9. The molecule has 0 fully saturated rings. The average Bonchev–Trinajstić information content (AvgIpc) is 2.35. The van der Waals surface area contributed by atoms with Gasteiger partial charge >= 0.3 is 0 Å². The van der Waals surface area contributed by atoms with Crippen molar-refractivity contribution in [2.75, 3.05) is 5.73 Å². The van der Waals surface area contributed by atoms with E-state index in [0.717, 1.165) is 0 Å². The highest BCUT2D eigenvalue weighted by Crippen LogP contribution is 2.27. The number of sulfone groups is 1. The third kappa shape index (κ3) is 3.31. The third-order valence-electron chi connectivity index (χ3n) is 2.67. The standard InChI is InChI=1S/C13H10BrClFNO2S/c14-9-2-1-8(11(16)5-9)7-20(18,19)13-6-10(15)3-4-12(13)17/h1-6H,7,17H2. The van der Waals surface area contributed by atoms with Crippen molar-refractivity contribution in [2.24, 2.45) is 0 Å². The van der Waals surface area contributed by atoms with Crippen molar-refractivity contribution < 1.29 is 12.8 Å². The fourth-order valence-corrected chi connectivity index (χ4v) is 3.80. The quantitative estimate of drug-likeness (QED) is 0.827. The maximum absolute atomic E-state index is 13.7. The van der Waals surface area contributed by atoms with Crippen molar-refractivity contribution in [1.29, 1.82) is 0 Å². The molecule has 2 rings (SSSR count). The summed E-state index contributed by atoms with van der Waals surface area (Å²) in [6.45, 7) is 0. The Balaban J connectivity index is 2.43. The van der Waals surface area contributed by atoms with Gasteiger partial charge in [-0.1, -0.05) is 33.6 Å². The minimum absolute atomic E-state index is 0.0765. The van der Waals surface area contributed by atoms with Crippen LogP contribution in [0.5, 0.6) is 0 Å². The van der Waals surface area contributed by atoms with Crippen LogP contribution in [-0.4, -0.2) is 8.42 Å². The number of hydrogen-bond donors (Lipinski definition) is 1. The van der Waals surface area contributed by atoms with E-state index in [0.29, 0.717) is 4.47 Å². The first kappa shape index (κ1) is 15.3. The summed E-state index contributed by atoms with van der Waals surface area (Å²) in [5, 5.41) is 0.258. The van der Waals surface area contributed by atoms with Gasteiger partial charge < -0.3 is 5.73 Å². The molecule has 2 N–H and O–H groups in total. The first-order valence-electron chi connectivity index (χ1n) is 5.51. The number of hydrogen-bond acceptors (Lipinski definition) is 3. The lowest BCUT2D eigenvalue weighted by Gasteiger charge is -2.09. The highest BCUT2D eigenvalue weighted by molar-refractivity contribution is 9.10. The lowest BCUT2D eigenvalue weighted by molar-refractivity contribution is 0.587. The van der Waals surface area contributed by atoms with Crippen molar-refractivity contribution in [3.63, 3.8) is 0 Å². The van der Waals surface area contributed by atoms with Crippen LogP contribution in [0, 0.1) is 5.82 Å². The molecule has 0 unspecified atom stereocenters. The second-order valence-electron chi connectivity index (χ2n) is 4.18. The molecule has 0 saturated carbocycles. The van der Waals surface area contributed by atoms with Crippen LogP contribution in [0.1, 0.15) is 5.56 Å². The highest BCUT2D eigenvalue weighted by atomic mass is 79.9. The molecule has 0 radical (unpaired) electrons. The molecule has 0 aliphatic carbocycles. The molecule has 0 aromatic heterocycles. The lowest BCUT2D eigenvalue weighted by atomic mass is 10.2. The third-order valence-corrected chi connectivity index (χ3v) is 5.11. The van der Waals surface area contributed by atoms with Gasteiger partial charge in [0.05, 0.1) is 16.3 Å². The van der Waals surface area contributed by atoms with Crippen LogP contribution in [0.2, 0.25) is 5.02 Å². The van der Waals surface area contributed by atoms with Crippen molar-refractivity contribution in [2.45, 2.75) is 10.6 Å². The second-order valence-corrected chi connectivity index (χ2v) is 7.49. The Hall–Kier alpha value is -1.11. The summed E-state index contributed by atoms with van der Waals surface area (Å²) in [5.41, 5.74) is 5.82. The molecule has 0 saturated heterocycles. The molecule has 106 valence electrons. The minimum Gasteiger partial charge on any atom is -0.398 e. The summed E-state index contributed by atoms with van der Waals surface area (Å²) in [6.07, 6.45) is 0. The molecule has 0 spiro atoms. The summed E-state index contributed by atoms with van der Waals surface area (Å²) in [6, 6.07) is 8.38. The molecule has 0 heterocycles. The summed E-state index contributed by atoms with van der Waals surface area (Å²) in [4.78, 5) is -0.0904. The van der Waals surface area contributed by atoms with Crippen LogP contribution in [0.25, 0.3) is 0 Å². The van der Waals surface area contributed by atoms with E-state index in [9.17, 15) is 12.8 Å². The molecule has 0 aliphatic heterocycles. The van der Waals surface area contributed by atoms with E-state index in [2.05, 4.69) is 15.9 Å². The van der Waals surface area contributed by atoms with Gasteiger partial charge in [0.25, 0.3) is 0 Å². The number of rotatable bonds is 3. The van der Waals surface area contributed by atoms with Gasteiger partial charge in [-0.3, -0.25) is 0 Å². The summed E-state index contributed by atoms with van der Waals surface area (Å²) >= 11 is 8.89. The molecule has 2 aromatic carbocycles. The predicted molar refractivity (Wildman–Crippen MR) is 80.9 cm³/mol. The topological polar surface area (TPSA) is 60.2 Å². The SMILES string of the molecule is Nc1ccc(Cl)cc1S(=O)(=O)Cc1ccc(Br)cc1F. The fourth-order valence-electron chi connectivity index (χ4n) is 1.70. The maximum Gasteiger partial charge on any atom is 0.184 e. The molecule has 0 amide bonds. The van der Waals surface area contributed by atoms with E-state index in [1.54, 1.807) is 6.07 Å². The van der Waals surface area contributed by atoms with E-state index >= 15 is 0 Å². The predicted octanol–water partition coefficient (Wildman–Crippen LogP) is 3.80. The largest absolute Gasteiger partial charge is 0.398 e. The Kier molecular flexibility index (Phi) is 4.36. The van der Waals surface area contributed by atoms with Crippen molar-refractivity contribution in [1.82, 2.24) is 0 Å². The van der Waals surface area contributed by atoms with E-state index in [1.165, 1.54) is 30.3 Å². The number of anilines is 1. The number of halogens is 3. The van der Waals surface area contributed by atoms with Gasteiger partial charge in [0, 0.05) is 15.1 Å².